The first kappa shape index (κ1) is 21.4. The van der Waals surface area contributed by atoms with Gasteiger partial charge in [-0.05, 0) is 44.7 Å². The Hall–Kier alpha value is -2.81. The third-order valence-corrected chi connectivity index (χ3v) is 7.23. The molecule has 2 aliphatic heterocycles. The molecule has 2 saturated heterocycles. The number of thiazole rings is 1. The average Bonchev–Trinajstić information content (AvgIpc) is 3.20. The van der Waals surface area contributed by atoms with Gasteiger partial charge in [0.05, 0.1) is 17.5 Å². The van der Waals surface area contributed by atoms with Crippen LogP contribution in [0.3, 0.4) is 0 Å². The fourth-order valence-electron chi connectivity index (χ4n) is 4.35. The Balaban J connectivity index is 1.45. The Morgan fingerprint density at radius 2 is 1.81 bits per heavy atom. The van der Waals surface area contributed by atoms with Crippen LogP contribution in [0.4, 0.5) is 0 Å². The molecule has 4 heterocycles. The van der Waals surface area contributed by atoms with E-state index in [2.05, 4.69) is 9.97 Å². The molecule has 0 aromatic carbocycles. The zero-order valence-corrected chi connectivity index (χ0v) is 18.3. The zero-order chi connectivity index (χ0) is 22.0. The summed E-state index contributed by atoms with van der Waals surface area (Å²) < 4.78 is 0. The summed E-state index contributed by atoms with van der Waals surface area (Å²) in [5.74, 6) is -1.74. The normalized spacial score (nSPS) is 21.7. The van der Waals surface area contributed by atoms with Gasteiger partial charge in [-0.2, -0.15) is 0 Å². The lowest BCUT2D eigenvalue weighted by molar-refractivity contribution is -0.147. The predicted molar refractivity (Wildman–Crippen MR) is 116 cm³/mol. The molecule has 2 aromatic heterocycles. The van der Waals surface area contributed by atoms with Crippen molar-refractivity contribution < 1.29 is 19.5 Å². The van der Waals surface area contributed by atoms with E-state index in [1.54, 1.807) is 22.2 Å². The van der Waals surface area contributed by atoms with Gasteiger partial charge in [0.2, 0.25) is 5.91 Å². The van der Waals surface area contributed by atoms with Gasteiger partial charge in [-0.15, -0.1) is 11.3 Å². The van der Waals surface area contributed by atoms with E-state index < -0.39 is 11.9 Å². The van der Waals surface area contributed by atoms with Crippen molar-refractivity contribution in [1.29, 1.82) is 0 Å². The van der Waals surface area contributed by atoms with Crippen LogP contribution in [-0.4, -0.2) is 68.8 Å². The third-order valence-electron chi connectivity index (χ3n) is 6.04. The largest absolute Gasteiger partial charge is 0.481 e. The molecule has 2 aliphatic rings. The molecule has 0 bridgehead atoms. The highest BCUT2D eigenvalue weighted by Gasteiger charge is 2.35. The summed E-state index contributed by atoms with van der Waals surface area (Å²) in [7, 11) is 0. The van der Waals surface area contributed by atoms with Crippen LogP contribution in [0, 0.1) is 18.8 Å². The van der Waals surface area contributed by atoms with E-state index in [4.69, 9.17) is 0 Å². The lowest BCUT2D eigenvalue weighted by Gasteiger charge is -2.37. The van der Waals surface area contributed by atoms with Gasteiger partial charge < -0.3 is 14.9 Å². The number of carboxylic acid groups (broad SMARTS) is 1. The van der Waals surface area contributed by atoms with Gasteiger partial charge in [0, 0.05) is 44.1 Å². The molecule has 31 heavy (non-hydrogen) atoms. The van der Waals surface area contributed by atoms with Crippen molar-refractivity contribution in [3.8, 4) is 10.6 Å². The molecular formula is C22H26N4O4S. The molecule has 0 radical (unpaired) electrons. The van der Waals surface area contributed by atoms with Crippen LogP contribution in [-0.2, 0) is 9.59 Å². The Morgan fingerprint density at radius 3 is 2.52 bits per heavy atom. The molecule has 1 N–H and O–H groups in total. The van der Waals surface area contributed by atoms with E-state index in [0.717, 1.165) is 23.4 Å². The number of aromatic nitrogens is 2. The summed E-state index contributed by atoms with van der Waals surface area (Å²) in [6.45, 7) is 3.66. The first-order valence-corrected chi connectivity index (χ1v) is 11.4. The van der Waals surface area contributed by atoms with Crippen LogP contribution >= 0.6 is 11.3 Å². The summed E-state index contributed by atoms with van der Waals surface area (Å²) in [6.07, 6.45) is 6.21. The van der Waals surface area contributed by atoms with Gasteiger partial charge in [0.15, 0.2) is 0 Å². The molecule has 2 amide bonds. The van der Waals surface area contributed by atoms with Gasteiger partial charge in [-0.25, -0.2) is 4.98 Å². The quantitative estimate of drug-likeness (QED) is 0.781. The smallest absolute Gasteiger partial charge is 0.308 e. The number of carboxylic acids is 1. The fourth-order valence-corrected chi connectivity index (χ4v) is 5.38. The molecule has 8 nitrogen and oxygen atoms in total. The molecular weight excluding hydrogens is 416 g/mol. The highest BCUT2D eigenvalue weighted by atomic mass is 32.1. The molecule has 2 unspecified atom stereocenters. The van der Waals surface area contributed by atoms with Crippen LogP contribution in [0.2, 0.25) is 0 Å². The van der Waals surface area contributed by atoms with Crippen LogP contribution in [0.15, 0.2) is 24.5 Å². The second-order valence-electron chi connectivity index (χ2n) is 8.23. The average molecular weight is 443 g/mol. The second kappa shape index (κ2) is 9.13. The molecule has 4 rings (SSSR count). The van der Waals surface area contributed by atoms with E-state index in [1.807, 2.05) is 19.1 Å². The zero-order valence-electron chi connectivity index (χ0n) is 17.5. The third kappa shape index (κ3) is 4.61. The minimum absolute atomic E-state index is 0.0273. The van der Waals surface area contributed by atoms with E-state index in [9.17, 15) is 19.5 Å². The highest BCUT2D eigenvalue weighted by Crippen LogP contribution is 2.30. The van der Waals surface area contributed by atoms with Crippen LogP contribution in [0.5, 0.6) is 0 Å². The van der Waals surface area contributed by atoms with E-state index >= 15 is 0 Å². The van der Waals surface area contributed by atoms with E-state index in [0.29, 0.717) is 43.0 Å². The first-order valence-electron chi connectivity index (χ1n) is 10.6. The minimum atomic E-state index is -0.844. The van der Waals surface area contributed by atoms with Gasteiger partial charge in [0.25, 0.3) is 5.91 Å². The molecule has 2 aromatic rings. The number of amides is 2. The van der Waals surface area contributed by atoms with Crippen LogP contribution in [0.1, 0.15) is 41.0 Å². The number of piperidine rings is 2. The van der Waals surface area contributed by atoms with Crippen LogP contribution in [0.25, 0.3) is 10.6 Å². The maximum Gasteiger partial charge on any atom is 0.308 e. The van der Waals surface area contributed by atoms with Gasteiger partial charge in [-0.3, -0.25) is 19.4 Å². The number of nitrogens with zero attached hydrogens (tertiary/aromatic N) is 4. The maximum atomic E-state index is 13.2. The molecule has 0 aliphatic carbocycles. The summed E-state index contributed by atoms with van der Waals surface area (Å²) in [4.78, 5) is 50.3. The standard InChI is InChI=1S/C22H26N4O4S/c1-14-18(31-19(24-14)15-5-2-8-23-11-15)21(28)26-10-3-6-16(12-26)20(27)25-9-4-7-17(13-25)22(29)30/h2,5,8,11,16-17H,3-4,6-7,9-10,12-13H2,1H3,(H,29,30). The Morgan fingerprint density at radius 1 is 1.10 bits per heavy atom. The van der Waals surface area contributed by atoms with Crippen molar-refractivity contribution in [2.24, 2.45) is 11.8 Å². The summed E-state index contributed by atoms with van der Waals surface area (Å²) >= 11 is 1.35. The number of aryl methyl sites for hydroxylation is 1. The SMILES string of the molecule is Cc1nc(-c2cccnc2)sc1C(=O)N1CCCC(C(=O)N2CCCC(C(=O)O)C2)C1. The summed E-state index contributed by atoms with van der Waals surface area (Å²) in [5.41, 5.74) is 1.56. The first-order chi connectivity index (χ1) is 14.9. The van der Waals surface area contributed by atoms with Gasteiger partial charge in [-0.1, -0.05) is 0 Å². The fraction of sp³-hybridized carbons (Fsp3) is 0.500. The van der Waals surface area contributed by atoms with E-state index in [-0.39, 0.29) is 24.3 Å². The molecule has 0 saturated carbocycles. The van der Waals surface area contributed by atoms with Crippen molar-refractivity contribution in [3.63, 3.8) is 0 Å². The summed E-state index contributed by atoms with van der Waals surface area (Å²) in [6, 6.07) is 3.75. The predicted octanol–water partition coefficient (Wildman–Crippen LogP) is 2.69. The topological polar surface area (TPSA) is 104 Å². The molecule has 9 heteroatoms. The number of hydrogen-bond acceptors (Lipinski definition) is 6. The van der Waals surface area contributed by atoms with Crippen molar-refractivity contribution in [2.75, 3.05) is 26.2 Å². The Labute approximate surface area is 184 Å². The maximum absolute atomic E-state index is 13.2. The van der Waals surface area contributed by atoms with Crippen molar-refractivity contribution in [2.45, 2.75) is 32.6 Å². The number of pyridine rings is 1. The number of carbonyl (C=O) groups is 3. The van der Waals surface area contributed by atoms with Crippen molar-refractivity contribution in [1.82, 2.24) is 19.8 Å². The second-order valence-corrected chi connectivity index (χ2v) is 9.23. The van der Waals surface area contributed by atoms with Gasteiger partial charge in [0.1, 0.15) is 9.88 Å². The molecule has 2 fully saturated rings. The monoisotopic (exact) mass is 442 g/mol. The number of likely N-dealkylation sites (tertiary alicyclic amines) is 2. The Bertz CT molecular complexity index is 977. The Kier molecular flexibility index (Phi) is 6.31. The lowest BCUT2D eigenvalue weighted by Crippen LogP contribution is -2.49. The number of aliphatic carboxylic acids is 1. The van der Waals surface area contributed by atoms with Crippen molar-refractivity contribution >= 4 is 29.1 Å². The molecule has 0 spiro atoms. The van der Waals surface area contributed by atoms with Gasteiger partial charge >= 0.3 is 5.97 Å². The van der Waals surface area contributed by atoms with E-state index in [1.165, 1.54) is 11.3 Å². The summed E-state index contributed by atoms with van der Waals surface area (Å²) in [5, 5.41) is 10.1. The molecule has 164 valence electrons. The van der Waals surface area contributed by atoms with Crippen molar-refractivity contribution in [3.05, 3.63) is 35.1 Å². The van der Waals surface area contributed by atoms with Crippen LogP contribution < -0.4 is 0 Å². The number of hydrogen-bond donors (Lipinski definition) is 1. The minimum Gasteiger partial charge on any atom is -0.481 e. The number of carbonyl (C=O) groups excluding carboxylic acids is 2. The lowest BCUT2D eigenvalue weighted by atomic mass is 9.93. The highest BCUT2D eigenvalue weighted by molar-refractivity contribution is 7.17. The molecule has 2 atom stereocenters. The number of rotatable bonds is 4.